The zero-order chi connectivity index (χ0) is 14.1. The largest absolute Gasteiger partial charge is 0.345 e. The number of Topliss-reactive ketones (excluding diaryl/α,β-unsaturated/α-hetero) is 1. The van der Waals surface area contributed by atoms with Gasteiger partial charge in [-0.2, -0.15) is 0 Å². The lowest BCUT2D eigenvalue weighted by Gasteiger charge is -2.02. The lowest BCUT2D eigenvalue weighted by molar-refractivity contribution is 0.0994. The summed E-state index contributed by atoms with van der Waals surface area (Å²) in [5.74, 6) is -0.0200. The van der Waals surface area contributed by atoms with Crippen molar-refractivity contribution in [2.24, 2.45) is 0 Å². The molecule has 0 radical (unpaired) electrons. The number of aromatic nitrogens is 2. The van der Waals surface area contributed by atoms with Crippen LogP contribution in [0.25, 0.3) is 11.0 Å². The molecule has 0 unspecified atom stereocenters. The van der Waals surface area contributed by atoms with Gasteiger partial charge in [0.2, 0.25) is 0 Å². The number of fused-ring (bicyclic) bond motifs is 1. The maximum absolute atomic E-state index is 12.4. The van der Waals surface area contributed by atoms with Crippen molar-refractivity contribution in [3.63, 3.8) is 0 Å². The maximum Gasteiger partial charge on any atom is 0.169 e. The highest BCUT2D eigenvalue weighted by molar-refractivity contribution is 6.36. The Kier molecular flexibility index (Phi) is 3.47. The SMILES string of the molecule is O=C(Cc1cccc(Cl)c1)c1c[nH]c2nccc(Cl)c12. The summed E-state index contributed by atoms with van der Waals surface area (Å²) >= 11 is 12.1. The van der Waals surface area contributed by atoms with Gasteiger partial charge in [-0.05, 0) is 23.8 Å². The number of hydrogen-bond donors (Lipinski definition) is 1. The number of ketones is 1. The Morgan fingerprint density at radius 1 is 1.25 bits per heavy atom. The minimum Gasteiger partial charge on any atom is -0.345 e. The van der Waals surface area contributed by atoms with E-state index in [0.717, 1.165) is 5.56 Å². The third-order valence-electron chi connectivity index (χ3n) is 3.08. The molecule has 0 aliphatic rings. The molecule has 100 valence electrons. The molecule has 0 amide bonds. The number of nitrogens with zero attached hydrogens (tertiary/aromatic N) is 1. The number of H-pyrrole nitrogens is 1. The van der Waals surface area contributed by atoms with Crippen molar-refractivity contribution in [3.8, 4) is 0 Å². The van der Waals surface area contributed by atoms with Gasteiger partial charge in [-0.25, -0.2) is 4.98 Å². The van der Waals surface area contributed by atoms with Gasteiger partial charge in [-0.3, -0.25) is 4.79 Å². The summed E-state index contributed by atoms with van der Waals surface area (Å²) in [6, 6.07) is 8.94. The minimum atomic E-state index is -0.0200. The van der Waals surface area contributed by atoms with E-state index in [1.165, 1.54) is 0 Å². The molecule has 3 rings (SSSR count). The van der Waals surface area contributed by atoms with E-state index in [2.05, 4.69) is 9.97 Å². The summed E-state index contributed by atoms with van der Waals surface area (Å²) in [5, 5.41) is 1.81. The van der Waals surface area contributed by atoms with E-state index in [1.807, 2.05) is 12.1 Å². The molecule has 2 aromatic heterocycles. The zero-order valence-electron chi connectivity index (χ0n) is 10.4. The number of rotatable bonds is 3. The first-order valence-corrected chi connectivity index (χ1v) is 6.80. The van der Waals surface area contributed by atoms with Gasteiger partial charge < -0.3 is 4.98 Å². The average molecular weight is 305 g/mol. The highest BCUT2D eigenvalue weighted by atomic mass is 35.5. The number of hydrogen-bond acceptors (Lipinski definition) is 2. The Labute approximate surface area is 125 Å². The van der Waals surface area contributed by atoms with Gasteiger partial charge in [0, 0.05) is 34.8 Å². The summed E-state index contributed by atoms with van der Waals surface area (Å²) in [6.45, 7) is 0. The van der Waals surface area contributed by atoms with Gasteiger partial charge in [0.05, 0.1) is 5.02 Å². The van der Waals surface area contributed by atoms with Crippen molar-refractivity contribution in [2.75, 3.05) is 0 Å². The minimum absolute atomic E-state index is 0.0200. The highest BCUT2D eigenvalue weighted by Gasteiger charge is 2.15. The molecular weight excluding hydrogens is 295 g/mol. The lowest BCUT2D eigenvalue weighted by Crippen LogP contribution is -2.02. The van der Waals surface area contributed by atoms with Crippen LogP contribution in [0.4, 0.5) is 0 Å². The van der Waals surface area contributed by atoms with Crippen LogP contribution in [0.1, 0.15) is 15.9 Å². The summed E-state index contributed by atoms with van der Waals surface area (Å²) < 4.78 is 0. The van der Waals surface area contributed by atoms with Crippen molar-refractivity contribution in [1.29, 1.82) is 0 Å². The van der Waals surface area contributed by atoms with E-state index in [9.17, 15) is 4.79 Å². The lowest BCUT2D eigenvalue weighted by atomic mass is 10.0. The summed E-state index contributed by atoms with van der Waals surface area (Å²) in [5.41, 5.74) is 2.04. The smallest absolute Gasteiger partial charge is 0.169 e. The average Bonchev–Trinajstić information content (AvgIpc) is 2.84. The second-order valence-electron chi connectivity index (χ2n) is 4.45. The molecular formula is C15H10Cl2N2O. The fraction of sp³-hybridized carbons (Fsp3) is 0.0667. The molecule has 0 saturated carbocycles. The third-order valence-corrected chi connectivity index (χ3v) is 3.63. The Balaban J connectivity index is 1.97. The van der Waals surface area contributed by atoms with Crippen LogP contribution >= 0.6 is 23.2 Å². The number of halogens is 2. The van der Waals surface area contributed by atoms with Crippen LogP contribution < -0.4 is 0 Å². The van der Waals surface area contributed by atoms with Crippen LogP contribution in [0, 0.1) is 0 Å². The number of benzene rings is 1. The molecule has 0 bridgehead atoms. The second-order valence-corrected chi connectivity index (χ2v) is 5.29. The van der Waals surface area contributed by atoms with Gasteiger partial charge in [-0.1, -0.05) is 35.3 Å². The van der Waals surface area contributed by atoms with Crippen LogP contribution in [0.15, 0.2) is 42.7 Å². The van der Waals surface area contributed by atoms with Crippen molar-refractivity contribution in [1.82, 2.24) is 9.97 Å². The molecule has 0 atom stereocenters. The molecule has 0 spiro atoms. The highest BCUT2D eigenvalue weighted by Crippen LogP contribution is 2.26. The standard InChI is InChI=1S/C15H10Cl2N2O/c16-10-3-1-2-9(6-10)7-13(20)11-8-19-15-14(11)12(17)4-5-18-15/h1-6,8H,7H2,(H,18,19). The molecule has 1 N–H and O–H groups in total. The van der Waals surface area contributed by atoms with Crippen LogP contribution in [-0.4, -0.2) is 15.8 Å². The van der Waals surface area contributed by atoms with Crippen molar-refractivity contribution >= 4 is 40.0 Å². The van der Waals surface area contributed by atoms with E-state index in [-0.39, 0.29) is 12.2 Å². The monoisotopic (exact) mass is 304 g/mol. The van der Waals surface area contributed by atoms with Crippen molar-refractivity contribution in [3.05, 3.63) is 63.9 Å². The molecule has 20 heavy (non-hydrogen) atoms. The van der Waals surface area contributed by atoms with E-state index >= 15 is 0 Å². The first kappa shape index (κ1) is 13.2. The Morgan fingerprint density at radius 2 is 2.10 bits per heavy atom. The molecule has 1 aromatic carbocycles. The molecule has 2 heterocycles. The number of nitrogens with one attached hydrogen (secondary N) is 1. The third kappa shape index (κ3) is 2.42. The molecule has 0 aliphatic carbocycles. The Morgan fingerprint density at radius 3 is 2.90 bits per heavy atom. The van der Waals surface area contributed by atoms with Crippen LogP contribution in [-0.2, 0) is 6.42 Å². The summed E-state index contributed by atoms with van der Waals surface area (Å²) in [4.78, 5) is 19.5. The maximum atomic E-state index is 12.4. The molecule has 0 fully saturated rings. The first-order chi connectivity index (χ1) is 9.65. The zero-order valence-corrected chi connectivity index (χ0v) is 11.9. The van der Waals surface area contributed by atoms with E-state index in [4.69, 9.17) is 23.2 Å². The summed E-state index contributed by atoms with van der Waals surface area (Å²) in [7, 11) is 0. The van der Waals surface area contributed by atoms with Gasteiger partial charge in [0.15, 0.2) is 5.78 Å². The molecule has 3 aromatic rings. The molecule has 0 saturated heterocycles. The fourth-order valence-electron chi connectivity index (χ4n) is 2.16. The van der Waals surface area contributed by atoms with E-state index in [1.54, 1.807) is 30.6 Å². The predicted octanol–water partition coefficient (Wildman–Crippen LogP) is 4.30. The topological polar surface area (TPSA) is 45.8 Å². The number of carbonyl (C=O) groups excluding carboxylic acids is 1. The number of aromatic amines is 1. The van der Waals surface area contributed by atoms with Gasteiger partial charge in [0.1, 0.15) is 5.65 Å². The van der Waals surface area contributed by atoms with Crippen LogP contribution in [0.2, 0.25) is 10.0 Å². The van der Waals surface area contributed by atoms with Crippen molar-refractivity contribution < 1.29 is 4.79 Å². The van der Waals surface area contributed by atoms with Crippen LogP contribution in [0.3, 0.4) is 0 Å². The van der Waals surface area contributed by atoms with Gasteiger partial charge in [0.25, 0.3) is 0 Å². The summed E-state index contributed by atoms with van der Waals surface area (Å²) in [6.07, 6.45) is 3.53. The molecule has 3 nitrogen and oxygen atoms in total. The second kappa shape index (κ2) is 5.27. The predicted molar refractivity (Wildman–Crippen MR) is 80.6 cm³/mol. The fourth-order valence-corrected chi connectivity index (χ4v) is 2.62. The number of carbonyl (C=O) groups is 1. The quantitative estimate of drug-likeness (QED) is 0.733. The van der Waals surface area contributed by atoms with Crippen LogP contribution in [0.5, 0.6) is 0 Å². The Hall–Kier alpha value is -1.84. The van der Waals surface area contributed by atoms with E-state index in [0.29, 0.717) is 26.6 Å². The molecule has 5 heteroatoms. The van der Waals surface area contributed by atoms with Crippen molar-refractivity contribution in [2.45, 2.75) is 6.42 Å². The molecule has 0 aliphatic heterocycles. The number of pyridine rings is 1. The first-order valence-electron chi connectivity index (χ1n) is 6.04. The van der Waals surface area contributed by atoms with E-state index < -0.39 is 0 Å². The van der Waals surface area contributed by atoms with Gasteiger partial charge >= 0.3 is 0 Å². The normalized spacial score (nSPS) is 10.9. The Bertz CT molecular complexity index is 795. The van der Waals surface area contributed by atoms with Gasteiger partial charge in [-0.15, -0.1) is 0 Å².